The molecule has 0 aliphatic heterocycles. The first-order valence-electron chi connectivity index (χ1n) is 7.90. The monoisotopic (exact) mass is 321 g/mol. The third kappa shape index (κ3) is 5.93. The number of esters is 1. The zero-order valence-electron chi connectivity index (χ0n) is 14.9. The lowest BCUT2D eigenvalue weighted by Crippen LogP contribution is -2.27. The van der Waals surface area contributed by atoms with Crippen molar-refractivity contribution in [2.45, 2.75) is 41.5 Å². The number of hydrogen-bond acceptors (Lipinski definition) is 4. The number of rotatable bonds is 6. The van der Waals surface area contributed by atoms with Gasteiger partial charge in [-0.25, -0.2) is 4.79 Å². The van der Waals surface area contributed by atoms with Crippen LogP contribution in [0.25, 0.3) is 0 Å². The molecule has 0 saturated heterocycles. The van der Waals surface area contributed by atoms with E-state index in [2.05, 4.69) is 5.32 Å². The molecule has 5 heteroatoms. The van der Waals surface area contributed by atoms with Crippen molar-refractivity contribution in [2.75, 3.05) is 18.5 Å². The minimum Gasteiger partial charge on any atom is -0.492 e. The van der Waals surface area contributed by atoms with Crippen LogP contribution in [0.15, 0.2) is 18.2 Å². The smallest absolute Gasteiger partial charge is 0.341 e. The molecule has 0 heterocycles. The second-order valence-electron chi connectivity index (χ2n) is 6.84. The number of carbonyl (C=O) groups excluding carboxylic acids is 2. The van der Waals surface area contributed by atoms with Gasteiger partial charge in [0.2, 0.25) is 5.91 Å². The highest BCUT2D eigenvalue weighted by Crippen LogP contribution is 2.26. The van der Waals surface area contributed by atoms with Crippen LogP contribution >= 0.6 is 0 Å². The number of hydrogen-bond donors (Lipinski definition) is 1. The predicted molar refractivity (Wildman–Crippen MR) is 90.8 cm³/mol. The largest absolute Gasteiger partial charge is 0.492 e. The molecule has 1 amide bonds. The lowest BCUT2D eigenvalue weighted by molar-refractivity contribution is -0.123. The summed E-state index contributed by atoms with van der Waals surface area (Å²) in [7, 11) is 0. The van der Waals surface area contributed by atoms with Gasteiger partial charge in [-0.15, -0.1) is 0 Å². The Bertz CT molecular complexity index is 559. The zero-order chi connectivity index (χ0) is 17.6. The fraction of sp³-hybridized carbons (Fsp3) is 0.556. The predicted octanol–water partition coefficient (Wildman–Crippen LogP) is 3.88. The van der Waals surface area contributed by atoms with Crippen molar-refractivity contribution in [3.63, 3.8) is 0 Å². The summed E-state index contributed by atoms with van der Waals surface area (Å²) < 4.78 is 10.8. The van der Waals surface area contributed by atoms with Gasteiger partial charge in [0.25, 0.3) is 0 Å². The third-order valence-corrected chi connectivity index (χ3v) is 2.99. The first-order valence-corrected chi connectivity index (χ1v) is 7.90. The third-order valence-electron chi connectivity index (χ3n) is 2.99. The van der Waals surface area contributed by atoms with E-state index < -0.39 is 11.4 Å². The fourth-order valence-corrected chi connectivity index (χ4v) is 1.68. The maximum atomic E-state index is 12.1. The molecule has 0 aliphatic carbocycles. The van der Waals surface area contributed by atoms with Crippen LogP contribution in [0.5, 0.6) is 5.75 Å². The van der Waals surface area contributed by atoms with Gasteiger partial charge < -0.3 is 14.8 Å². The summed E-state index contributed by atoms with van der Waals surface area (Å²) in [5.74, 6) is 0.220. The summed E-state index contributed by atoms with van der Waals surface area (Å²) in [5.41, 5.74) is 0.348. The van der Waals surface area contributed by atoms with Gasteiger partial charge in [-0.1, -0.05) is 34.6 Å². The number of ether oxygens (including phenoxy) is 2. The van der Waals surface area contributed by atoms with E-state index in [0.29, 0.717) is 29.5 Å². The quantitative estimate of drug-likeness (QED) is 0.808. The number of anilines is 1. The maximum absolute atomic E-state index is 12.1. The first-order chi connectivity index (χ1) is 10.6. The molecule has 0 fully saturated rings. The molecule has 1 aromatic carbocycles. The van der Waals surface area contributed by atoms with Crippen molar-refractivity contribution in [3.8, 4) is 5.75 Å². The zero-order valence-corrected chi connectivity index (χ0v) is 14.9. The van der Waals surface area contributed by atoms with Crippen LogP contribution in [0.3, 0.4) is 0 Å². The summed E-state index contributed by atoms with van der Waals surface area (Å²) in [6.45, 7) is 12.1. The number of amides is 1. The second kappa shape index (κ2) is 7.99. The highest BCUT2D eigenvalue weighted by atomic mass is 16.5. The van der Waals surface area contributed by atoms with Crippen molar-refractivity contribution < 1.29 is 19.1 Å². The van der Waals surface area contributed by atoms with Crippen molar-refractivity contribution in [2.24, 2.45) is 11.3 Å². The van der Waals surface area contributed by atoms with Crippen molar-refractivity contribution in [1.82, 2.24) is 0 Å². The molecule has 0 bridgehead atoms. The first kappa shape index (κ1) is 19.0. The highest BCUT2D eigenvalue weighted by molar-refractivity contribution is 5.98. The Morgan fingerprint density at radius 1 is 1.22 bits per heavy atom. The second-order valence-corrected chi connectivity index (χ2v) is 6.84. The summed E-state index contributed by atoms with van der Waals surface area (Å²) in [4.78, 5) is 24.2. The van der Waals surface area contributed by atoms with Crippen molar-refractivity contribution >= 4 is 17.6 Å². The Morgan fingerprint density at radius 2 is 1.87 bits per heavy atom. The van der Waals surface area contributed by atoms with E-state index in [1.54, 1.807) is 25.1 Å². The maximum Gasteiger partial charge on any atom is 0.341 e. The van der Waals surface area contributed by atoms with Crippen LogP contribution in [0, 0.1) is 11.3 Å². The van der Waals surface area contributed by atoms with E-state index in [9.17, 15) is 9.59 Å². The lowest BCUT2D eigenvalue weighted by atomic mass is 9.95. The van der Waals surface area contributed by atoms with E-state index in [0.717, 1.165) is 0 Å². The Kier molecular flexibility index (Phi) is 6.61. The van der Waals surface area contributed by atoms with Crippen LogP contribution in [-0.4, -0.2) is 25.1 Å². The topological polar surface area (TPSA) is 64.6 Å². The van der Waals surface area contributed by atoms with Crippen LogP contribution in [0.4, 0.5) is 5.69 Å². The average Bonchev–Trinajstić information content (AvgIpc) is 2.44. The molecule has 23 heavy (non-hydrogen) atoms. The summed E-state index contributed by atoms with van der Waals surface area (Å²) in [5, 5.41) is 2.81. The average molecular weight is 321 g/mol. The Balaban J connectivity index is 3.06. The molecule has 0 aromatic heterocycles. The fourth-order valence-electron chi connectivity index (χ4n) is 1.68. The van der Waals surface area contributed by atoms with Crippen molar-refractivity contribution in [1.29, 1.82) is 0 Å². The van der Waals surface area contributed by atoms with Gasteiger partial charge in [-0.3, -0.25) is 4.79 Å². The molecule has 5 nitrogen and oxygen atoms in total. The van der Waals surface area contributed by atoms with E-state index in [1.165, 1.54) is 0 Å². The van der Waals surface area contributed by atoms with Gasteiger partial charge in [-0.05, 0) is 31.0 Å². The van der Waals surface area contributed by atoms with Crippen LogP contribution in [0.2, 0.25) is 0 Å². The molecule has 0 saturated carbocycles. The molecular formula is C18H27NO4. The Labute approximate surface area is 138 Å². The van der Waals surface area contributed by atoms with E-state index in [1.807, 2.05) is 34.6 Å². The number of carbonyl (C=O) groups is 2. The van der Waals surface area contributed by atoms with E-state index in [4.69, 9.17) is 9.47 Å². The minimum atomic E-state index is -0.517. The Hall–Kier alpha value is -2.04. The van der Waals surface area contributed by atoms with Gasteiger partial charge in [0.05, 0.1) is 13.2 Å². The van der Waals surface area contributed by atoms with E-state index >= 15 is 0 Å². The molecule has 1 aromatic rings. The van der Waals surface area contributed by atoms with E-state index in [-0.39, 0.29) is 12.5 Å². The molecule has 0 radical (unpaired) electrons. The SMILES string of the molecule is CCOC(=O)c1cc(NC(=O)C(C)(C)C)ccc1OCC(C)C. The molecule has 128 valence electrons. The molecule has 0 aliphatic rings. The van der Waals surface area contributed by atoms with Crippen LogP contribution < -0.4 is 10.1 Å². The lowest BCUT2D eigenvalue weighted by Gasteiger charge is -2.19. The minimum absolute atomic E-state index is 0.122. The van der Waals surface area contributed by atoms with Gasteiger partial charge in [0.15, 0.2) is 0 Å². The van der Waals surface area contributed by atoms with Crippen LogP contribution in [0.1, 0.15) is 51.9 Å². The molecule has 0 unspecified atom stereocenters. The molecule has 1 N–H and O–H groups in total. The standard InChI is InChI=1S/C18H27NO4/c1-7-22-16(20)14-10-13(19-17(21)18(4,5)6)8-9-15(14)23-11-12(2)3/h8-10,12H,7,11H2,1-6H3,(H,19,21). The van der Waals surface area contributed by atoms with Gasteiger partial charge in [0, 0.05) is 11.1 Å². The van der Waals surface area contributed by atoms with Crippen molar-refractivity contribution in [3.05, 3.63) is 23.8 Å². The molecule has 1 rings (SSSR count). The normalized spacial score (nSPS) is 11.3. The molecular weight excluding hydrogens is 294 g/mol. The summed E-state index contributed by atoms with van der Waals surface area (Å²) in [6.07, 6.45) is 0. The molecule has 0 atom stereocenters. The van der Waals surface area contributed by atoms with Gasteiger partial charge in [0.1, 0.15) is 11.3 Å². The Morgan fingerprint density at radius 3 is 2.39 bits per heavy atom. The number of nitrogens with one attached hydrogen (secondary N) is 1. The van der Waals surface area contributed by atoms with Gasteiger partial charge in [-0.2, -0.15) is 0 Å². The molecule has 0 spiro atoms. The summed E-state index contributed by atoms with van der Waals surface area (Å²) >= 11 is 0. The summed E-state index contributed by atoms with van der Waals surface area (Å²) in [6, 6.07) is 5.01. The number of benzene rings is 1. The van der Waals surface area contributed by atoms with Gasteiger partial charge >= 0.3 is 5.97 Å². The van der Waals surface area contributed by atoms with Crippen LogP contribution in [-0.2, 0) is 9.53 Å². The highest BCUT2D eigenvalue weighted by Gasteiger charge is 2.22.